The van der Waals surface area contributed by atoms with Gasteiger partial charge in [0.2, 0.25) is 5.89 Å². The molecule has 0 saturated heterocycles. The van der Waals surface area contributed by atoms with Crippen LogP contribution < -0.4 is 14.8 Å². The third-order valence-corrected chi connectivity index (χ3v) is 4.51. The third-order valence-electron chi connectivity index (χ3n) is 4.51. The number of H-pyrrole nitrogens is 1. The van der Waals surface area contributed by atoms with Gasteiger partial charge in [-0.15, -0.1) is 0 Å². The van der Waals surface area contributed by atoms with Crippen LogP contribution in [0.15, 0.2) is 47.1 Å². The van der Waals surface area contributed by atoms with Gasteiger partial charge in [-0.05, 0) is 48.9 Å². The summed E-state index contributed by atoms with van der Waals surface area (Å²) in [5, 5.41) is 11.6. The molecule has 0 bridgehead atoms. The molecule has 0 radical (unpaired) electrons. The molecule has 9 nitrogen and oxygen atoms in total. The molecule has 2 heterocycles. The van der Waals surface area contributed by atoms with E-state index in [-0.39, 0.29) is 24.2 Å². The molecule has 0 unspecified atom stereocenters. The van der Waals surface area contributed by atoms with E-state index in [0.717, 1.165) is 16.5 Å². The molecule has 154 valence electrons. The molecule has 4 rings (SSSR count). The van der Waals surface area contributed by atoms with Crippen LogP contribution in [-0.4, -0.2) is 33.2 Å². The lowest BCUT2D eigenvalue weighted by Gasteiger charge is -2.08. The molecule has 0 aliphatic carbocycles. The number of hydrogen-bond acceptors (Lipinski definition) is 7. The van der Waals surface area contributed by atoms with Gasteiger partial charge in [0.15, 0.2) is 18.1 Å². The smallest absolute Gasteiger partial charge is 0.273 e. The van der Waals surface area contributed by atoms with Gasteiger partial charge in [-0.1, -0.05) is 12.1 Å². The second-order valence-electron chi connectivity index (χ2n) is 6.76. The fraction of sp³-hybridized carbons (Fsp3) is 0.238. The summed E-state index contributed by atoms with van der Waals surface area (Å²) >= 11 is 0. The highest BCUT2D eigenvalue weighted by Crippen LogP contribution is 2.25. The fourth-order valence-corrected chi connectivity index (χ4v) is 2.93. The van der Waals surface area contributed by atoms with Crippen molar-refractivity contribution in [2.24, 2.45) is 0 Å². The minimum atomic E-state index is -0.377. The maximum absolute atomic E-state index is 12.4. The van der Waals surface area contributed by atoms with Gasteiger partial charge in [0.25, 0.3) is 5.91 Å². The zero-order valence-corrected chi connectivity index (χ0v) is 16.8. The molecular weight excluding hydrogens is 386 g/mol. The van der Waals surface area contributed by atoms with Gasteiger partial charge in [0, 0.05) is 0 Å². The summed E-state index contributed by atoms with van der Waals surface area (Å²) in [6.45, 7) is 3.68. The van der Waals surface area contributed by atoms with Gasteiger partial charge >= 0.3 is 0 Å². The van der Waals surface area contributed by atoms with Crippen LogP contribution in [0, 0.1) is 6.92 Å². The Morgan fingerprint density at radius 2 is 1.93 bits per heavy atom. The lowest BCUT2D eigenvalue weighted by Crippen LogP contribution is -2.27. The van der Waals surface area contributed by atoms with E-state index in [9.17, 15) is 4.79 Å². The van der Waals surface area contributed by atoms with E-state index in [1.807, 2.05) is 36.4 Å². The van der Waals surface area contributed by atoms with Crippen molar-refractivity contribution in [3.8, 4) is 11.5 Å². The quantitative estimate of drug-likeness (QED) is 0.483. The van der Waals surface area contributed by atoms with Crippen LogP contribution in [0.5, 0.6) is 11.5 Å². The Hall–Kier alpha value is -3.88. The van der Waals surface area contributed by atoms with Crippen LogP contribution in [-0.2, 0) is 6.61 Å². The van der Waals surface area contributed by atoms with E-state index in [2.05, 4.69) is 25.5 Å². The molecule has 30 heavy (non-hydrogen) atoms. The lowest BCUT2D eigenvalue weighted by atomic mass is 10.1. The van der Waals surface area contributed by atoms with Crippen LogP contribution in [0.2, 0.25) is 0 Å². The number of hydrogen-bond donors (Lipinski definition) is 2. The van der Waals surface area contributed by atoms with Crippen molar-refractivity contribution in [2.75, 3.05) is 7.11 Å². The number of aromatic amines is 1. The normalized spacial score (nSPS) is 12.0. The predicted octanol–water partition coefficient (Wildman–Crippen LogP) is 3.33. The zero-order chi connectivity index (χ0) is 21.1. The Balaban J connectivity index is 1.38. The standard InChI is InChI=1S/C21H21N5O4/c1-12(20-23-13(2)25-26-20)22-21(27)18-10-30-19(24-18)11-29-17-7-5-14-4-6-16(28-3)8-15(14)9-17/h4-10,12H,11H2,1-3H3,(H,22,27)(H,23,25,26)/t12-/m1/s1. The number of rotatable bonds is 7. The third kappa shape index (κ3) is 4.24. The number of nitrogens with zero attached hydrogens (tertiary/aromatic N) is 3. The van der Waals surface area contributed by atoms with E-state index in [0.29, 0.717) is 23.3 Å². The first-order valence-corrected chi connectivity index (χ1v) is 9.36. The highest BCUT2D eigenvalue weighted by Gasteiger charge is 2.18. The number of carbonyl (C=O) groups is 1. The van der Waals surface area contributed by atoms with Gasteiger partial charge in [-0.2, -0.15) is 5.10 Å². The number of oxazole rings is 1. The number of aromatic nitrogens is 4. The van der Waals surface area contributed by atoms with E-state index in [1.54, 1.807) is 21.0 Å². The van der Waals surface area contributed by atoms with Crippen molar-refractivity contribution >= 4 is 16.7 Å². The number of amides is 1. The SMILES string of the molecule is COc1ccc2ccc(OCc3nc(C(=O)N[C@H](C)c4n[nH]c(C)n4)co3)cc2c1. The molecule has 1 amide bonds. The zero-order valence-electron chi connectivity index (χ0n) is 16.8. The molecule has 2 aromatic carbocycles. The molecule has 4 aromatic rings. The monoisotopic (exact) mass is 407 g/mol. The fourth-order valence-electron chi connectivity index (χ4n) is 2.93. The minimum Gasteiger partial charge on any atom is -0.497 e. The highest BCUT2D eigenvalue weighted by molar-refractivity contribution is 5.92. The number of nitrogens with one attached hydrogen (secondary N) is 2. The molecule has 0 saturated carbocycles. The molecule has 0 aliphatic heterocycles. The second kappa shape index (κ2) is 8.24. The predicted molar refractivity (Wildman–Crippen MR) is 108 cm³/mol. The van der Waals surface area contributed by atoms with Crippen LogP contribution in [0.25, 0.3) is 10.8 Å². The van der Waals surface area contributed by atoms with Gasteiger partial charge in [-0.25, -0.2) is 9.97 Å². The second-order valence-corrected chi connectivity index (χ2v) is 6.76. The average Bonchev–Trinajstić information content (AvgIpc) is 3.41. The number of fused-ring (bicyclic) bond motifs is 1. The number of benzene rings is 2. The minimum absolute atomic E-state index is 0.0957. The summed E-state index contributed by atoms with van der Waals surface area (Å²) in [4.78, 5) is 20.8. The van der Waals surface area contributed by atoms with Gasteiger partial charge in [-0.3, -0.25) is 9.89 Å². The first-order valence-electron chi connectivity index (χ1n) is 9.36. The van der Waals surface area contributed by atoms with Crippen molar-refractivity contribution in [1.82, 2.24) is 25.5 Å². The number of aryl methyl sites for hydroxylation is 1. The molecule has 0 aliphatic rings. The number of ether oxygens (including phenoxy) is 2. The summed E-state index contributed by atoms with van der Waals surface area (Å²) in [6, 6.07) is 11.2. The molecular formula is C21H21N5O4. The van der Waals surface area contributed by atoms with Crippen LogP contribution in [0.3, 0.4) is 0 Å². The van der Waals surface area contributed by atoms with Gasteiger partial charge in [0.1, 0.15) is 23.6 Å². The summed E-state index contributed by atoms with van der Waals surface area (Å²) < 4.78 is 16.4. The summed E-state index contributed by atoms with van der Waals surface area (Å²) in [6.07, 6.45) is 1.30. The van der Waals surface area contributed by atoms with Crippen LogP contribution in [0.4, 0.5) is 0 Å². The van der Waals surface area contributed by atoms with Crippen molar-refractivity contribution < 1.29 is 18.7 Å². The maximum Gasteiger partial charge on any atom is 0.273 e. The summed E-state index contributed by atoms with van der Waals surface area (Å²) in [5.74, 6) is 2.54. The van der Waals surface area contributed by atoms with Crippen LogP contribution >= 0.6 is 0 Å². The van der Waals surface area contributed by atoms with Gasteiger partial charge < -0.3 is 19.2 Å². The van der Waals surface area contributed by atoms with Crippen molar-refractivity contribution in [2.45, 2.75) is 26.5 Å². The Morgan fingerprint density at radius 1 is 1.17 bits per heavy atom. The van der Waals surface area contributed by atoms with E-state index < -0.39 is 0 Å². The van der Waals surface area contributed by atoms with E-state index >= 15 is 0 Å². The average molecular weight is 407 g/mol. The molecule has 0 fully saturated rings. The molecule has 2 N–H and O–H groups in total. The topological polar surface area (TPSA) is 115 Å². The first-order chi connectivity index (χ1) is 14.5. The molecule has 1 atom stereocenters. The largest absolute Gasteiger partial charge is 0.497 e. The van der Waals surface area contributed by atoms with E-state index in [1.165, 1.54) is 6.26 Å². The van der Waals surface area contributed by atoms with Gasteiger partial charge in [0.05, 0.1) is 13.2 Å². The molecule has 9 heteroatoms. The number of methoxy groups -OCH3 is 1. The Kier molecular flexibility index (Phi) is 5.34. The Morgan fingerprint density at radius 3 is 2.67 bits per heavy atom. The molecule has 0 spiro atoms. The lowest BCUT2D eigenvalue weighted by molar-refractivity contribution is 0.0933. The van der Waals surface area contributed by atoms with Crippen LogP contribution in [0.1, 0.15) is 41.0 Å². The first kappa shape index (κ1) is 19.4. The van der Waals surface area contributed by atoms with Crippen molar-refractivity contribution in [1.29, 1.82) is 0 Å². The number of carbonyl (C=O) groups excluding carboxylic acids is 1. The van der Waals surface area contributed by atoms with Crippen molar-refractivity contribution in [3.05, 3.63) is 65.9 Å². The Labute approximate surface area is 172 Å². The Bertz CT molecular complexity index is 1180. The highest BCUT2D eigenvalue weighted by atomic mass is 16.5. The summed E-state index contributed by atoms with van der Waals surface area (Å²) in [7, 11) is 1.63. The summed E-state index contributed by atoms with van der Waals surface area (Å²) in [5.41, 5.74) is 0.163. The van der Waals surface area contributed by atoms with E-state index in [4.69, 9.17) is 13.9 Å². The maximum atomic E-state index is 12.4. The molecule has 2 aromatic heterocycles. The van der Waals surface area contributed by atoms with Crippen molar-refractivity contribution in [3.63, 3.8) is 0 Å².